The number of amides is 2. The molecule has 0 aliphatic carbocycles. The van der Waals surface area contributed by atoms with Gasteiger partial charge in [-0.25, -0.2) is 0 Å². The van der Waals surface area contributed by atoms with Gasteiger partial charge in [0.25, 0.3) is 11.5 Å². The van der Waals surface area contributed by atoms with E-state index in [0.717, 1.165) is 17.7 Å². The molecule has 1 saturated heterocycles. The van der Waals surface area contributed by atoms with E-state index in [-0.39, 0.29) is 30.0 Å². The first-order valence-electron chi connectivity index (χ1n) is 11.1. The minimum Gasteiger partial charge on any atom is -0.350 e. The minimum absolute atomic E-state index is 0.0823. The number of aromatic nitrogens is 1. The number of benzene rings is 2. The highest BCUT2D eigenvalue weighted by Crippen LogP contribution is 2.26. The van der Waals surface area contributed by atoms with E-state index < -0.39 is 5.56 Å². The summed E-state index contributed by atoms with van der Waals surface area (Å²) >= 11 is 0. The second kappa shape index (κ2) is 10.3. The van der Waals surface area contributed by atoms with Crippen LogP contribution in [0, 0.1) is 0 Å². The summed E-state index contributed by atoms with van der Waals surface area (Å²) in [5.74, 6) is -0.590. The molecule has 0 bridgehead atoms. The lowest BCUT2D eigenvalue weighted by Crippen LogP contribution is -2.50. The average Bonchev–Trinajstić information content (AvgIpc) is 2.85. The van der Waals surface area contributed by atoms with E-state index >= 15 is 0 Å². The summed E-state index contributed by atoms with van der Waals surface area (Å²) in [6.45, 7) is 2.20. The zero-order valence-corrected chi connectivity index (χ0v) is 18.7. The van der Waals surface area contributed by atoms with E-state index in [1.807, 2.05) is 67.7 Å². The van der Waals surface area contributed by atoms with Gasteiger partial charge in [0.2, 0.25) is 5.91 Å². The zero-order valence-electron chi connectivity index (χ0n) is 18.7. The van der Waals surface area contributed by atoms with Crippen molar-refractivity contribution in [1.82, 2.24) is 19.7 Å². The summed E-state index contributed by atoms with van der Waals surface area (Å²) in [6, 6.07) is 22.5. The molecule has 1 atom stereocenters. The first kappa shape index (κ1) is 22.5. The second-order valence-corrected chi connectivity index (χ2v) is 8.30. The first-order chi connectivity index (χ1) is 16.0. The van der Waals surface area contributed by atoms with Crippen LogP contribution in [0.25, 0.3) is 0 Å². The van der Waals surface area contributed by atoms with E-state index in [9.17, 15) is 14.4 Å². The molecule has 1 aliphatic rings. The summed E-state index contributed by atoms with van der Waals surface area (Å²) in [4.78, 5) is 42.9. The van der Waals surface area contributed by atoms with Gasteiger partial charge >= 0.3 is 0 Å². The predicted octanol–water partition coefficient (Wildman–Crippen LogP) is 2.29. The minimum atomic E-state index is -0.455. The fourth-order valence-electron chi connectivity index (χ4n) is 4.11. The lowest BCUT2D eigenvalue weighted by Gasteiger charge is -2.40. The van der Waals surface area contributed by atoms with Crippen molar-refractivity contribution < 1.29 is 9.59 Å². The van der Waals surface area contributed by atoms with Gasteiger partial charge in [0, 0.05) is 32.4 Å². The average molecular weight is 445 g/mol. The molecule has 1 N–H and O–H groups in total. The van der Waals surface area contributed by atoms with Gasteiger partial charge in [-0.05, 0) is 30.3 Å². The number of pyridine rings is 1. The molecule has 2 amide bonds. The van der Waals surface area contributed by atoms with Gasteiger partial charge in [-0.15, -0.1) is 0 Å². The molecule has 0 saturated carbocycles. The maximum absolute atomic E-state index is 13.5. The number of likely N-dealkylation sites (N-methyl/N-ethyl adjacent to an activating group) is 1. The molecule has 33 heavy (non-hydrogen) atoms. The van der Waals surface area contributed by atoms with Crippen LogP contribution in [0.4, 0.5) is 0 Å². The Labute approximate surface area is 193 Å². The second-order valence-electron chi connectivity index (χ2n) is 8.30. The van der Waals surface area contributed by atoms with Crippen molar-refractivity contribution >= 4 is 11.8 Å². The Hall–Kier alpha value is -3.71. The van der Waals surface area contributed by atoms with E-state index in [0.29, 0.717) is 19.6 Å². The monoisotopic (exact) mass is 444 g/mol. The lowest BCUT2D eigenvalue weighted by atomic mass is 10.0. The summed E-state index contributed by atoms with van der Waals surface area (Å²) in [6.07, 6.45) is 1.54. The van der Waals surface area contributed by atoms with Crippen molar-refractivity contribution in [2.75, 3.05) is 26.7 Å². The molecule has 4 rings (SSSR count). The molecule has 1 fully saturated rings. The third-order valence-electron chi connectivity index (χ3n) is 5.93. The summed E-state index contributed by atoms with van der Waals surface area (Å²) in [5, 5.41) is 2.82. The van der Waals surface area contributed by atoms with Crippen molar-refractivity contribution in [2.45, 2.75) is 19.1 Å². The van der Waals surface area contributed by atoms with Crippen LogP contribution in [0.15, 0.2) is 83.8 Å². The van der Waals surface area contributed by atoms with Crippen LogP contribution >= 0.6 is 0 Å². The van der Waals surface area contributed by atoms with Crippen LogP contribution in [0.3, 0.4) is 0 Å². The number of nitrogens with zero attached hydrogens (tertiary/aromatic N) is 3. The van der Waals surface area contributed by atoms with Gasteiger partial charge in [-0.2, -0.15) is 0 Å². The molecule has 1 aliphatic heterocycles. The number of hydrogen-bond acceptors (Lipinski definition) is 4. The van der Waals surface area contributed by atoms with Crippen LogP contribution in [0.1, 0.15) is 27.5 Å². The number of carbonyl (C=O) groups is 2. The molecule has 0 radical (unpaired) electrons. The Kier molecular flexibility index (Phi) is 7.00. The van der Waals surface area contributed by atoms with Crippen LogP contribution in [-0.2, 0) is 17.9 Å². The van der Waals surface area contributed by atoms with Gasteiger partial charge < -0.3 is 19.7 Å². The number of rotatable bonds is 6. The van der Waals surface area contributed by atoms with E-state index in [2.05, 4.69) is 10.2 Å². The van der Waals surface area contributed by atoms with Crippen molar-refractivity contribution in [3.8, 4) is 0 Å². The van der Waals surface area contributed by atoms with Crippen LogP contribution in [0.2, 0.25) is 0 Å². The Morgan fingerprint density at radius 3 is 2.36 bits per heavy atom. The fraction of sp³-hybridized carbons (Fsp3) is 0.269. The van der Waals surface area contributed by atoms with E-state index in [1.54, 1.807) is 23.2 Å². The third kappa shape index (κ3) is 5.38. The van der Waals surface area contributed by atoms with Crippen LogP contribution in [0.5, 0.6) is 0 Å². The summed E-state index contributed by atoms with van der Waals surface area (Å²) in [5.41, 5.74) is 1.64. The largest absolute Gasteiger partial charge is 0.350 e. The highest BCUT2D eigenvalue weighted by atomic mass is 16.2. The smallest absolute Gasteiger partial charge is 0.263 e. The molecule has 3 aromatic rings. The molecule has 0 spiro atoms. The molecular formula is C26H28N4O3. The number of carbonyl (C=O) groups excluding carboxylic acids is 2. The van der Waals surface area contributed by atoms with Crippen molar-refractivity contribution in [3.05, 3.63) is 106 Å². The number of hydrogen-bond donors (Lipinski definition) is 1. The highest BCUT2D eigenvalue weighted by Gasteiger charge is 2.32. The van der Waals surface area contributed by atoms with Crippen LogP contribution in [-0.4, -0.2) is 52.9 Å². The molecule has 170 valence electrons. The topological polar surface area (TPSA) is 74.7 Å². The molecule has 7 nitrogen and oxygen atoms in total. The van der Waals surface area contributed by atoms with Crippen molar-refractivity contribution in [2.24, 2.45) is 0 Å². The molecule has 2 heterocycles. The van der Waals surface area contributed by atoms with Gasteiger partial charge in [-0.1, -0.05) is 60.7 Å². The lowest BCUT2D eigenvalue weighted by molar-refractivity contribution is -0.121. The number of nitrogens with one attached hydrogen (secondary N) is 1. The maximum Gasteiger partial charge on any atom is 0.263 e. The highest BCUT2D eigenvalue weighted by molar-refractivity contribution is 5.94. The standard InChI is InChI=1S/C26H28N4O3/c1-28-15-16-30(23(18-28)21-11-6-3-7-12-21)26(33)22-13-8-14-29(25(22)32)19-24(31)27-17-20-9-4-2-5-10-20/h2-14,23H,15-19H2,1H3,(H,27,31)/t23-/m1/s1. The molecule has 2 aromatic carbocycles. The molecular weight excluding hydrogens is 416 g/mol. The Bertz CT molecular complexity index is 1160. The van der Waals surface area contributed by atoms with Crippen molar-refractivity contribution in [1.29, 1.82) is 0 Å². The quantitative estimate of drug-likeness (QED) is 0.633. The molecule has 7 heteroatoms. The normalized spacial score (nSPS) is 16.4. The SMILES string of the molecule is CN1CCN(C(=O)c2cccn(CC(=O)NCc3ccccc3)c2=O)[C@@H](c2ccccc2)C1. The molecule has 0 unspecified atom stereocenters. The van der Waals surface area contributed by atoms with Crippen molar-refractivity contribution in [3.63, 3.8) is 0 Å². The molecule has 1 aromatic heterocycles. The Morgan fingerprint density at radius 2 is 1.64 bits per heavy atom. The Morgan fingerprint density at radius 1 is 0.939 bits per heavy atom. The van der Waals surface area contributed by atoms with E-state index in [1.165, 1.54) is 4.57 Å². The Balaban J connectivity index is 1.50. The van der Waals surface area contributed by atoms with Gasteiger partial charge in [0.15, 0.2) is 0 Å². The summed E-state index contributed by atoms with van der Waals surface area (Å²) in [7, 11) is 2.03. The predicted molar refractivity (Wildman–Crippen MR) is 127 cm³/mol. The number of piperazine rings is 1. The van der Waals surface area contributed by atoms with Crippen LogP contribution < -0.4 is 10.9 Å². The summed E-state index contributed by atoms with van der Waals surface area (Å²) < 4.78 is 1.29. The van der Waals surface area contributed by atoms with Gasteiger partial charge in [-0.3, -0.25) is 14.4 Å². The maximum atomic E-state index is 13.5. The first-order valence-corrected chi connectivity index (χ1v) is 11.1. The fourth-order valence-corrected chi connectivity index (χ4v) is 4.11. The van der Waals surface area contributed by atoms with E-state index in [4.69, 9.17) is 0 Å². The van der Waals surface area contributed by atoms with Gasteiger partial charge in [0.1, 0.15) is 12.1 Å². The zero-order chi connectivity index (χ0) is 23.2. The third-order valence-corrected chi connectivity index (χ3v) is 5.93. The van der Waals surface area contributed by atoms with Gasteiger partial charge in [0.05, 0.1) is 6.04 Å².